The maximum atomic E-state index is 13.8. The van der Waals surface area contributed by atoms with Gasteiger partial charge in [0.25, 0.3) is 0 Å². The fourth-order valence-electron chi connectivity index (χ4n) is 5.10. The van der Waals surface area contributed by atoms with Crippen LogP contribution in [0.4, 0.5) is 11.4 Å². The predicted molar refractivity (Wildman–Crippen MR) is 138 cm³/mol. The quantitative estimate of drug-likeness (QED) is 0.434. The lowest BCUT2D eigenvalue weighted by atomic mass is 9.78. The molecule has 0 saturated carbocycles. The van der Waals surface area contributed by atoms with Gasteiger partial charge in [0.2, 0.25) is 5.75 Å². The molecule has 0 fully saturated rings. The smallest absolute Gasteiger partial charge is 0.203 e. The number of para-hydroxylation sites is 2. The van der Waals surface area contributed by atoms with E-state index < -0.39 is 6.04 Å². The molecule has 1 aliphatic heterocycles. The number of methoxy groups -OCH3 is 3. The Bertz CT molecular complexity index is 1320. The largest absolute Gasteiger partial charge is 0.493 e. The van der Waals surface area contributed by atoms with Crippen molar-refractivity contribution in [2.45, 2.75) is 24.8 Å². The number of halogens is 1. The average Bonchev–Trinajstić information content (AvgIpc) is 3.04. The van der Waals surface area contributed by atoms with Crippen molar-refractivity contribution in [3.63, 3.8) is 0 Å². The van der Waals surface area contributed by atoms with Crippen molar-refractivity contribution in [3.05, 3.63) is 88.1 Å². The molecule has 3 aromatic rings. The number of nitrogens with one attached hydrogen (secondary N) is 2. The maximum Gasteiger partial charge on any atom is 0.203 e. The van der Waals surface area contributed by atoms with Crippen molar-refractivity contribution in [1.29, 1.82) is 0 Å². The number of hydrogen-bond donors (Lipinski definition) is 2. The van der Waals surface area contributed by atoms with E-state index in [1.807, 2.05) is 60.7 Å². The van der Waals surface area contributed by atoms with Gasteiger partial charge in [-0.15, -0.1) is 0 Å². The fraction of sp³-hybridized carbons (Fsp3) is 0.250. The van der Waals surface area contributed by atoms with Gasteiger partial charge >= 0.3 is 0 Å². The third-order valence-electron chi connectivity index (χ3n) is 6.70. The first-order chi connectivity index (χ1) is 17.0. The molecule has 6 nitrogen and oxygen atoms in total. The van der Waals surface area contributed by atoms with Crippen molar-refractivity contribution in [1.82, 2.24) is 0 Å². The van der Waals surface area contributed by atoms with Crippen LogP contribution in [0.25, 0.3) is 0 Å². The molecule has 0 amide bonds. The number of allylic oxidation sites excluding steroid dienone is 1. The molecular formula is C28H27ClN2O4. The summed E-state index contributed by atoms with van der Waals surface area (Å²) in [5.41, 5.74) is 5.16. The first-order valence-electron chi connectivity index (χ1n) is 11.5. The van der Waals surface area contributed by atoms with Crippen LogP contribution in [-0.2, 0) is 4.79 Å². The van der Waals surface area contributed by atoms with Gasteiger partial charge in [0, 0.05) is 28.3 Å². The van der Waals surface area contributed by atoms with E-state index >= 15 is 0 Å². The Morgan fingerprint density at radius 1 is 0.800 bits per heavy atom. The highest BCUT2D eigenvalue weighted by atomic mass is 35.5. The zero-order chi connectivity index (χ0) is 24.5. The SMILES string of the molecule is COc1ccc([C@H]2Nc3ccccc3NC3=C2C(=O)C[C@@H](c2ccccc2Cl)C3)c(OC)c1OC. The van der Waals surface area contributed by atoms with E-state index in [1.165, 1.54) is 0 Å². The van der Waals surface area contributed by atoms with E-state index in [2.05, 4.69) is 10.6 Å². The monoisotopic (exact) mass is 490 g/mol. The highest BCUT2D eigenvalue weighted by Gasteiger charge is 2.38. The summed E-state index contributed by atoms with van der Waals surface area (Å²) >= 11 is 6.52. The minimum Gasteiger partial charge on any atom is -0.493 e. The van der Waals surface area contributed by atoms with Crippen molar-refractivity contribution in [2.24, 2.45) is 0 Å². The number of benzene rings is 3. The summed E-state index contributed by atoms with van der Waals surface area (Å²) in [5, 5.41) is 7.83. The maximum absolute atomic E-state index is 13.8. The van der Waals surface area contributed by atoms with Crippen LogP contribution in [0.15, 0.2) is 71.9 Å². The molecule has 5 rings (SSSR count). The van der Waals surface area contributed by atoms with Crippen LogP contribution >= 0.6 is 11.6 Å². The zero-order valence-corrected chi connectivity index (χ0v) is 20.6. The molecule has 0 aromatic heterocycles. The summed E-state index contributed by atoms with van der Waals surface area (Å²) in [6.07, 6.45) is 1.03. The molecule has 2 N–H and O–H groups in total. The molecule has 35 heavy (non-hydrogen) atoms. The van der Waals surface area contributed by atoms with Gasteiger partial charge in [0.15, 0.2) is 17.3 Å². The standard InChI is InChI=1S/C28H27ClN2O4/c1-33-24-13-12-18(27(34-2)28(24)35-3)26-25-22(30-20-10-6-7-11-21(20)31-26)14-16(15-23(25)32)17-8-4-5-9-19(17)29/h4-13,16,26,30-31H,14-15H2,1-3H3/t16-,26+/m0/s1. The van der Waals surface area contributed by atoms with Gasteiger partial charge in [-0.2, -0.15) is 0 Å². The minimum atomic E-state index is -0.449. The van der Waals surface area contributed by atoms with Gasteiger partial charge in [0.05, 0.1) is 38.7 Å². The van der Waals surface area contributed by atoms with Gasteiger partial charge in [-0.1, -0.05) is 41.9 Å². The molecule has 180 valence electrons. The number of carbonyl (C=O) groups is 1. The van der Waals surface area contributed by atoms with Gasteiger partial charge in [-0.05, 0) is 48.2 Å². The van der Waals surface area contributed by atoms with E-state index in [4.69, 9.17) is 25.8 Å². The molecule has 0 bridgehead atoms. The topological polar surface area (TPSA) is 68.8 Å². The zero-order valence-electron chi connectivity index (χ0n) is 19.9. The highest BCUT2D eigenvalue weighted by Crippen LogP contribution is 2.49. The molecule has 0 radical (unpaired) electrons. The Labute approximate surface area is 209 Å². The van der Waals surface area contributed by atoms with Crippen molar-refractivity contribution in [2.75, 3.05) is 32.0 Å². The van der Waals surface area contributed by atoms with Crippen molar-refractivity contribution < 1.29 is 19.0 Å². The Hall–Kier alpha value is -3.64. The van der Waals surface area contributed by atoms with Crippen LogP contribution in [0.2, 0.25) is 5.02 Å². The van der Waals surface area contributed by atoms with Crippen molar-refractivity contribution in [3.8, 4) is 17.2 Å². The number of ketones is 1. The summed E-state index contributed by atoms with van der Waals surface area (Å²) in [6.45, 7) is 0. The van der Waals surface area contributed by atoms with E-state index in [1.54, 1.807) is 21.3 Å². The number of fused-ring (bicyclic) bond motifs is 1. The van der Waals surface area contributed by atoms with E-state index in [9.17, 15) is 4.79 Å². The normalized spacial score (nSPS) is 19.0. The summed E-state index contributed by atoms with van der Waals surface area (Å²) in [4.78, 5) is 13.8. The Balaban J connectivity index is 1.68. The number of ether oxygens (including phenoxy) is 3. The third kappa shape index (κ3) is 4.08. The predicted octanol–water partition coefficient (Wildman–Crippen LogP) is 6.35. The molecule has 0 saturated heterocycles. The third-order valence-corrected chi connectivity index (χ3v) is 7.04. The van der Waals surface area contributed by atoms with Crippen LogP contribution in [0, 0.1) is 0 Å². The summed E-state index contributed by atoms with van der Waals surface area (Å²) in [5.74, 6) is 1.62. The number of Topliss-reactive ketones (excluding diaryl/α,β-unsaturated/α-hetero) is 1. The average molecular weight is 491 g/mol. The lowest BCUT2D eigenvalue weighted by Gasteiger charge is -2.31. The van der Waals surface area contributed by atoms with Crippen LogP contribution < -0.4 is 24.8 Å². The van der Waals surface area contributed by atoms with Gasteiger partial charge < -0.3 is 24.8 Å². The summed E-state index contributed by atoms with van der Waals surface area (Å²) < 4.78 is 16.9. The molecule has 3 aromatic carbocycles. The van der Waals surface area contributed by atoms with Gasteiger partial charge in [-0.25, -0.2) is 0 Å². The molecule has 0 unspecified atom stereocenters. The fourth-order valence-corrected chi connectivity index (χ4v) is 5.39. The highest BCUT2D eigenvalue weighted by molar-refractivity contribution is 6.31. The second kappa shape index (κ2) is 9.55. The molecule has 1 aliphatic carbocycles. The molecule has 7 heteroatoms. The van der Waals surface area contributed by atoms with E-state index in [0.717, 1.165) is 28.2 Å². The van der Waals surface area contributed by atoms with E-state index in [-0.39, 0.29) is 11.7 Å². The first-order valence-corrected chi connectivity index (χ1v) is 11.9. The van der Waals surface area contributed by atoms with Crippen LogP contribution in [0.1, 0.15) is 35.9 Å². The molecular weight excluding hydrogens is 464 g/mol. The molecule has 0 spiro atoms. The lowest BCUT2D eigenvalue weighted by Crippen LogP contribution is -2.27. The lowest BCUT2D eigenvalue weighted by molar-refractivity contribution is -0.116. The Morgan fingerprint density at radius 2 is 1.51 bits per heavy atom. The summed E-state index contributed by atoms with van der Waals surface area (Å²) in [7, 11) is 4.75. The summed E-state index contributed by atoms with van der Waals surface area (Å²) in [6, 6.07) is 19.0. The molecule has 2 aliphatic rings. The number of hydrogen-bond acceptors (Lipinski definition) is 6. The van der Waals surface area contributed by atoms with Crippen LogP contribution in [-0.4, -0.2) is 27.1 Å². The molecule has 1 heterocycles. The van der Waals surface area contributed by atoms with Crippen LogP contribution in [0.3, 0.4) is 0 Å². The number of carbonyl (C=O) groups excluding carboxylic acids is 1. The number of rotatable bonds is 5. The van der Waals surface area contributed by atoms with Gasteiger partial charge in [-0.3, -0.25) is 4.79 Å². The Kier molecular flexibility index (Phi) is 6.31. The molecule has 2 atom stereocenters. The minimum absolute atomic E-state index is 0.0133. The number of anilines is 2. The van der Waals surface area contributed by atoms with Crippen molar-refractivity contribution >= 4 is 28.8 Å². The van der Waals surface area contributed by atoms with Crippen LogP contribution in [0.5, 0.6) is 17.2 Å². The Morgan fingerprint density at radius 3 is 2.23 bits per heavy atom. The second-order valence-corrected chi connectivity index (χ2v) is 9.02. The first kappa shape index (κ1) is 23.1. The van der Waals surface area contributed by atoms with Gasteiger partial charge in [0.1, 0.15) is 0 Å². The van der Waals surface area contributed by atoms with E-state index in [0.29, 0.717) is 40.7 Å². The second-order valence-electron chi connectivity index (χ2n) is 8.61.